The van der Waals surface area contributed by atoms with Gasteiger partial charge in [-0.2, -0.15) is 10.1 Å². The molecule has 1 fully saturated rings. The number of rotatable bonds is 4. The van der Waals surface area contributed by atoms with E-state index in [-0.39, 0.29) is 5.95 Å². The van der Waals surface area contributed by atoms with E-state index in [0.717, 1.165) is 32.1 Å². The molecule has 104 valence electrons. The minimum absolute atomic E-state index is 0.260. The van der Waals surface area contributed by atoms with Gasteiger partial charge in [0.2, 0.25) is 5.95 Å². The molecule has 0 saturated carbocycles. The lowest BCUT2D eigenvalue weighted by molar-refractivity contribution is 0.560. The van der Waals surface area contributed by atoms with Crippen molar-refractivity contribution < 1.29 is 8.81 Å². The third-order valence-electron chi connectivity index (χ3n) is 3.03. The largest absolute Gasteiger partial charge is 0.463 e. The SMILES string of the molecule is Fc1cnc(N/N=C\c2ccco2)nc1N1CCCC1. The first-order chi connectivity index (χ1) is 9.83. The van der Waals surface area contributed by atoms with E-state index < -0.39 is 5.82 Å². The highest BCUT2D eigenvalue weighted by Gasteiger charge is 2.18. The van der Waals surface area contributed by atoms with Gasteiger partial charge in [-0.1, -0.05) is 0 Å². The zero-order valence-electron chi connectivity index (χ0n) is 10.8. The first-order valence-corrected chi connectivity index (χ1v) is 6.43. The van der Waals surface area contributed by atoms with Crippen molar-refractivity contribution >= 4 is 18.0 Å². The van der Waals surface area contributed by atoms with Crippen molar-refractivity contribution in [3.63, 3.8) is 0 Å². The summed E-state index contributed by atoms with van der Waals surface area (Å²) in [6, 6.07) is 3.54. The van der Waals surface area contributed by atoms with Crippen LogP contribution in [0.25, 0.3) is 0 Å². The molecule has 7 heteroatoms. The molecule has 20 heavy (non-hydrogen) atoms. The molecule has 3 heterocycles. The van der Waals surface area contributed by atoms with E-state index in [1.54, 1.807) is 18.4 Å². The van der Waals surface area contributed by atoms with Crippen LogP contribution in [0.2, 0.25) is 0 Å². The second-order valence-corrected chi connectivity index (χ2v) is 4.44. The molecule has 1 saturated heterocycles. The molecule has 0 bridgehead atoms. The van der Waals surface area contributed by atoms with Crippen LogP contribution in [0.15, 0.2) is 34.1 Å². The van der Waals surface area contributed by atoms with Gasteiger partial charge < -0.3 is 9.32 Å². The maximum atomic E-state index is 13.7. The fraction of sp³-hybridized carbons (Fsp3) is 0.308. The predicted octanol–water partition coefficient (Wildman–Crippen LogP) is 2.25. The van der Waals surface area contributed by atoms with Crippen LogP contribution < -0.4 is 10.3 Å². The lowest BCUT2D eigenvalue weighted by Crippen LogP contribution is -2.21. The number of furan rings is 1. The average molecular weight is 275 g/mol. The van der Waals surface area contributed by atoms with Crippen molar-refractivity contribution in [2.24, 2.45) is 5.10 Å². The van der Waals surface area contributed by atoms with Crippen molar-refractivity contribution in [3.05, 3.63) is 36.2 Å². The maximum absolute atomic E-state index is 13.7. The summed E-state index contributed by atoms with van der Waals surface area (Å²) in [6.45, 7) is 1.64. The van der Waals surface area contributed by atoms with Gasteiger partial charge in [0.15, 0.2) is 11.6 Å². The van der Waals surface area contributed by atoms with E-state index >= 15 is 0 Å². The molecule has 0 aromatic carbocycles. The summed E-state index contributed by atoms with van der Waals surface area (Å²) in [6.07, 6.45) is 6.33. The van der Waals surface area contributed by atoms with Gasteiger partial charge in [-0.3, -0.25) is 0 Å². The number of aromatic nitrogens is 2. The van der Waals surface area contributed by atoms with Crippen LogP contribution in [0.5, 0.6) is 0 Å². The van der Waals surface area contributed by atoms with Crippen LogP contribution >= 0.6 is 0 Å². The number of halogens is 1. The summed E-state index contributed by atoms with van der Waals surface area (Å²) in [5.74, 6) is 0.788. The Bertz CT molecular complexity index is 593. The highest BCUT2D eigenvalue weighted by Crippen LogP contribution is 2.21. The third kappa shape index (κ3) is 2.76. The Morgan fingerprint density at radius 3 is 3.00 bits per heavy atom. The second kappa shape index (κ2) is 5.68. The monoisotopic (exact) mass is 275 g/mol. The zero-order chi connectivity index (χ0) is 13.8. The van der Waals surface area contributed by atoms with Gasteiger partial charge in [0.05, 0.1) is 18.7 Å². The summed E-state index contributed by atoms with van der Waals surface area (Å²) >= 11 is 0. The lowest BCUT2D eigenvalue weighted by Gasteiger charge is -2.16. The summed E-state index contributed by atoms with van der Waals surface area (Å²) in [5, 5.41) is 3.95. The van der Waals surface area contributed by atoms with Gasteiger partial charge in [-0.05, 0) is 25.0 Å². The fourth-order valence-corrected chi connectivity index (χ4v) is 2.08. The minimum Gasteiger partial charge on any atom is -0.463 e. The van der Waals surface area contributed by atoms with E-state index in [9.17, 15) is 4.39 Å². The van der Waals surface area contributed by atoms with Gasteiger partial charge in [0, 0.05) is 13.1 Å². The van der Waals surface area contributed by atoms with Crippen molar-refractivity contribution in [1.29, 1.82) is 0 Å². The Kier molecular flexibility index (Phi) is 3.58. The molecule has 2 aromatic rings. The predicted molar refractivity (Wildman–Crippen MR) is 73.4 cm³/mol. The fourth-order valence-electron chi connectivity index (χ4n) is 2.08. The Morgan fingerprint density at radius 1 is 1.40 bits per heavy atom. The standard InChI is InChI=1S/C13H14FN5O/c14-11-9-15-13(17-12(11)19-5-1-2-6-19)18-16-8-10-4-3-7-20-10/h3-4,7-9H,1-2,5-6H2,(H,15,17,18)/b16-8-. The topological polar surface area (TPSA) is 66.5 Å². The average Bonchev–Trinajstić information content (AvgIpc) is 3.13. The highest BCUT2D eigenvalue weighted by molar-refractivity contribution is 5.76. The Hall–Kier alpha value is -2.44. The molecule has 0 aliphatic carbocycles. The van der Waals surface area contributed by atoms with E-state index in [1.165, 1.54) is 6.21 Å². The number of hydrogen-bond acceptors (Lipinski definition) is 6. The van der Waals surface area contributed by atoms with Crippen LogP contribution in [0.4, 0.5) is 16.2 Å². The summed E-state index contributed by atoms with van der Waals surface area (Å²) in [7, 11) is 0. The van der Waals surface area contributed by atoms with Crippen LogP contribution in [0, 0.1) is 5.82 Å². The summed E-state index contributed by atoms with van der Waals surface area (Å²) < 4.78 is 18.8. The summed E-state index contributed by atoms with van der Waals surface area (Å²) in [4.78, 5) is 9.93. The van der Waals surface area contributed by atoms with E-state index in [2.05, 4.69) is 20.5 Å². The molecule has 2 aromatic heterocycles. The maximum Gasteiger partial charge on any atom is 0.245 e. The number of anilines is 2. The van der Waals surface area contributed by atoms with Gasteiger partial charge in [0.25, 0.3) is 0 Å². The molecule has 6 nitrogen and oxygen atoms in total. The van der Waals surface area contributed by atoms with Crippen LogP contribution in [-0.4, -0.2) is 29.3 Å². The van der Waals surface area contributed by atoms with Gasteiger partial charge in [-0.25, -0.2) is 14.8 Å². The molecule has 1 N–H and O–H groups in total. The lowest BCUT2D eigenvalue weighted by atomic mass is 10.4. The molecule has 0 atom stereocenters. The molecule has 3 rings (SSSR count). The number of hydrazone groups is 1. The second-order valence-electron chi connectivity index (χ2n) is 4.44. The first-order valence-electron chi connectivity index (χ1n) is 6.43. The van der Waals surface area contributed by atoms with Crippen LogP contribution in [0.3, 0.4) is 0 Å². The molecule has 0 unspecified atom stereocenters. The number of hydrogen-bond donors (Lipinski definition) is 1. The normalized spacial score (nSPS) is 15.2. The van der Waals surface area contributed by atoms with Crippen molar-refractivity contribution in [1.82, 2.24) is 9.97 Å². The molecule has 1 aliphatic heterocycles. The smallest absolute Gasteiger partial charge is 0.245 e. The van der Waals surface area contributed by atoms with Crippen molar-refractivity contribution in [2.75, 3.05) is 23.4 Å². The Labute approximate surface area is 115 Å². The van der Waals surface area contributed by atoms with Gasteiger partial charge >= 0.3 is 0 Å². The molecule has 1 aliphatic rings. The molecule has 0 radical (unpaired) electrons. The quantitative estimate of drug-likeness (QED) is 0.684. The van der Waals surface area contributed by atoms with E-state index in [4.69, 9.17) is 4.42 Å². The Balaban J connectivity index is 1.72. The summed E-state index contributed by atoms with van der Waals surface area (Å²) in [5.41, 5.74) is 2.67. The zero-order valence-corrected chi connectivity index (χ0v) is 10.8. The molecule has 0 spiro atoms. The van der Waals surface area contributed by atoms with Crippen LogP contribution in [0.1, 0.15) is 18.6 Å². The number of nitrogens with one attached hydrogen (secondary N) is 1. The van der Waals surface area contributed by atoms with Gasteiger partial charge in [0.1, 0.15) is 5.76 Å². The van der Waals surface area contributed by atoms with E-state index in [1.807, 2.05) is 4.90 Å². The minimum atomic E-state index is -0.410. The molecular formula is C13H14FN5O. The molecule has 0 amide bonds. The Morgan fingerprint density at radius 2 is 2.25 bits per heavy atom. The number of nitrogens with zero attached hydrogens (tertiary/aromatic N) is 4. The van der Waals surface area contributed by atoms with Gasteiger partial charge in [-0.15, -0.1) is 0 Å². The highest BCUT2D eigenvalue weighted by atomic mass is 19.1. The van der Waals surface area contributed by atoms with Crippen molar-refractivity contribution in [3.8, 4) is 0 Å². The van der Waals surface area contributed by atoms with Crippen LogP contribution in [-0.2, 0) is 0 Å². The van der Waals surface area contributed by atoms with Crippen molar-refractivity contribution in [2.45, 2.75) is 12.8 Å². The first kappa shape index (κ1) is 12.6. The molecular weight excluding hydrogens is 261 g/mol. The van der Waals surface area contributed by atoms with E-state index in [0.29, 0.717) is 11.6 Å². The third-order valence-corrected chi connectivity index (χ3v) is 3.03.